The molecule has 1 unspecified atom stereocenters. The lowest BCUT2D eigenvalue weighted by Gasteiger charge is -2.23. The molecule has 1 aliphatic carbocycles. The predicted octanol–water partition coefficient (Wildman–Crippen LogP) is 3.33. The lowest BCUT2D eigenvalue weighted by Crippen LogP contribution is -2.27. The number of aromatic nitrogens is 4. The second-order valence-corrected chi connectivity index (χ2v) is 13.3. The van der Waals surface area contributed by atoms with Crippen LogP contribution in [0.3, 0.4) is 0 Å². The number of hydrogen-bond donors (Lipinski definition) is 1. The van der Waals surface area contributed by atoms with Gasteiger partial charge in [-0.1, -0.05) is 0 Å². The topological polar surface area (TPSA) is 115 Å². The first-order valence-electron chi connectivity index (χ1n) is 13.7. The highest BCUT2D eigenvalue weighted by Gasteiger charge is 2.37. The number of benzene rings is 1. The number of nitrogens with one attached hydrogen (secondary N) is 1. The smallest absolute Gasteiger partial charge is 0.329 e. The van der Waals surface area contributed by atoms with Crippen LogP contribution in [0.15, 0.2) is 29.3 Å². The van der Waals surface area contributed by atoms with Gasteiger partial charge in [-0.05, 0) is 52.9 Å². The highest BCUT2D eigenvalue weighted by Crippen LogP contribution is 2.45. The molecule has 1 aliphatic heterocycles. The highest BCUT2D eigenvalue weighted by atomic mass is 32.2. The molecule has 4 aromatic rings. The minimum absolute atomic E-state index is 0.139. The van der Waals surface area contributed by atoms with Crippen LogP contribution in [0.5, 0.6) is 5.75 Å². The van der Waals surface area contributed by atoms with Crippen LogP contribution in [-0.4, -0.2) is 78.5 Å². The maximum Gasteiger partial charge on any atom is 0.329 e. The molecule has 218 valence electrons. The molecule has 11 nitrogen and oxygen atoms in total. The van der Waals surface area contributed by atoms with Gasteiger partial charge in [0.05, 0.1) is 50.7 Å². The van der Waals surface area contributed by atoms with E-state index in [1.165, 1.54) is 16.8 Å². The summed E-state index contributed by atoms with van der Waals surface area (Å²) in [6.45, 7) is 3.53. The Morgan fingerprint density at radius 1 is 1.15 bits per heavy atom. The number of hydrogen-bond acceptors (Lipinski definition) is 8. The minimum Gasteiger partial charge on any atom is -0.490 e. The Morgan fingerprint density at radius 2 is 1.90 bits per heavy atom. The maximum atomic E-state index is 15.9. The van der Waals surface area contributed by atoms with E-state index in [9.17, 15) is 13.2 Å². The number of pyridine rings is 2. The van der Waals surface area contributed by atoms with Crippen molar-refractivity contribution >= 4 is 43.5 Å². The van der Waals surface area contributed by atoms with E-state index in [1.54, 1.807) is 23.9 Å². The van der Waals surface area contributed by atoms with Crippen molar-refractivity contribution in [2.24, 2.45) is 7.05 Å². The standard InChI is InChI=1S/C28H34FN7O4S/c1-16-15-40-26-23(19(29)12-20-24(26)25-22(14-30-20)35(5)28(37)36(16)25)17-11-21(32-41(38,39)18-7-8-18)27(31-13-17)34(4)10-6-9-33(2)3/h11-14,16,18,32H,6-10,15H2,1-5H3. The molecule has 4 heterocycles. The first kappa shape index (κ1) is 27.5. The van der Waals surface area contributed by atoms with Crippen molar-refractivity contribution in [1.82, 2.24) is 24.0 Å². The van der Waals surface area contributed by atoms with Crippen molar-refractivity contribution in [2.45, 2.75) is 37.5 Å². The van der Waals surface area contributed by atoms with Crippen molar-refractivity contribution in [3.63, 3.8) is 0 Å². The Balaban J connectivity index is 1.53. The van der Waals surface area contributed by atoms with Crippen LogP contribution in [0.2, 0.25) is 0 Å². The normalized spacial score (nSPS) is 16.9. The average molecular weight is 584 g/mol. The number of ether oxygens (including phenoxy) is 1. The molecule has 0 saturated heterocycles. The molecule has 2 aliphatic rings. The second kappa shape index (κ2) is 9.98. The van der Waals surface area contributed by atoms with Crippen molar-refractivity contribution in [3.05, 3.63) is 40.8 Å². The first-order chi connectivity index (χ1) is 19.5. The molecule has 6 rings (SSSR count). The summed E-state index contributed by atoms with van der Waals surface area (Å²) in [5, 5.41) is 0.0880. The number of halogens is 1. The molecule has 0 radical (unpaired) electrons. The van der Waals surface area contributed by atoms with Gasteiger partial charge in [0.15, 0.2) is 5.82 Å². The van der Waals surface area contributed by atoms with Crippen LogP contribution in [0.25, 0.3) is 33.1 Å². The van der Waals surface area contributed by atoms with Crippen molar-refractivity contribution in [2.75, 3.05) is 50.5 Å². The third-order valence-corrected chi connectivity index (χ3v) is 9.71. The largest absolute Gasteiger partial charge is 0.490 e. The van der Waals surface area contributed by atoms with E-state index in [1.807, 2.05) is 33.0 Å². The molecule has 1 fully saturated rings. The zero-order valence-corrected chi connectivity index (χ0v) is 24.6. The number of anilines is 2. The summed E-state index contributed by atoms with van der Waals surface area (Å²) in [7, 11) is 3.91. The van der Waals surface area contributed by atoms with E-state index in [-0.39, 0.29) is 35.3 Å². The van der Waals surface area contributed by atoms with E-state index in [4.69, 9.17) is 4.74 Å². The molecule has 41 heavy (non-hydrogen) atoms. The van der Waals surface area contributed by atoms with Crippen LogP contribution >= 0.6 is 0 Å². The SMILES string of the molecule is CC1COc2c(-c3cnc(N(C)CCCN(C)C)c(NS(=O)(=O)C4CC4)c3)c(F)cc3ncc4c(c23)n1c(=O)n4C. The van der Waals surface area contributed by atoms with E-state index >= 15 is 4.39 Å². The Hall–Kier alpha value is -3.71. The van der Waals surface area contributed by atoms with Gasteiger partial charge in [0.25, 0.3) is 0 Å². The first-order valence-corrected chi connectivity index (χ1v) is 15.3. The highest BCUT2D eigenvalue weighted by molar-refractivity contribution is 7.93. The zero-order chi connectivity index (χ0) is 29.2. The van der Waals surface area contributed by atoms with E-state index < -0.39 is 21.1 Å². The average Bonchev–Trinajstić information content (AvgIpc) is 3.74. The lowest BCUT2D eigenvalue weighted by molar-refractivity contribution is 0.267. The predicted molar refractivity (Wildman–Crippen MR) is 158 cm³/mol. The van der Waals surface area contributed by atoms with Crippen molar-refractivity contribution in [3.8, 4) is 16.9 Å². The quantitative estimate of drug-likeness (QED) is 0.319. The van der Waals surface area contributed by atoms with Gasteiger partial charge in [-0.25, -0.2) is 22.6 Å². The van der Waals surface area contributed by atoms with Crippen LogP contribution in [0.4, 0.5) is 15.9 Å². The number of nitrogens with zero attached hydrogens (tertiary/aromatic N) is 6. The fraction of sp³-hybridized carbons (Fsp3) is 0.464. The van der Waals surface area contributed by atoms with Gasteiger partial charge in [-0.3, -0.25) is 18.8 Å². The molecule has 1 saturated carbocycles. The van der Waals surface area contributed by atoms with Gasteiger partial charge >= 0.3 is 5.69 Å². The molecule has 0 bridgehead atoms. The fourth-order valence-electron chi connectivity index (χ4n) is 5.53. The lowest BCUT2D eigenvalue weighted by atomic mass is 10.0. The number of rotatable bonds is 9. The van der Waals surface area contributed by atoms with Gasteiger partial charge in [0.1, 0.15) is 18.2 Å². The summed E-state index contributed by atoms with van der Waals surface area (Å²) >= 11 is 0. The van der Waals surface area contributed by atoms with Crippen LogP contribution in [0, 0.1) is 5.82 Å². The number of aryl methyl sites for hydroxylation is 1. The monoisotopic (exact) mass is 583 g/mol. The molecule has 3 aromatic heterocycles. The molecule has 1 aromatic carbocycles. The van der Waals surface area contributed by atoms with Crippen LogP contribution in [-0.2, 0) is 17.1 Å². The van der Waals surface area contributed by atoms with Crippen molar-refractivity contribution in [1.29, 1.82) is 0 Å². The van der Waals surface area contributed by atoms with Gasteiger partial charge < -0.3 is 14.5 Å². The minimum atomic E-state index is -3.62. The van der Waals surface area contributed by atoms with Gasteiger partial charge in [0.2, 0.25) is 10.0 Å². The van der Waals surface area contributed by atoms with E-state index in [0.29, 0.717) is 52.7 Å². The van der Waals surface area contributed by atoms with Crippen molar-refractivity contribution < 1.29 is 17.5 Å². The number of imidazole rings is 1. The summed E-state index contributed by atoms with van der Waals surface area (Å²) in [5.41, 5.74) is 2.18. The zero-order valence-electron chi connectivity index (χ0n) is 23.8. The third-order valence-electron chi connectivity index (χ3n) is 7.85. The molecule has 1 atom stereocenters. The summed E-state index contributed by atoms with van der Waals surface area (Å²) in [6.07, 6.45) is 5.17. The molecular weight excluding hydrogens is 549 g/mol. The van der Waals surface area contributed by atoms with Gasteiger partial charge in [-0.2, -0.15) is 0 Å². The van der Waals surface area contributed by atoms with Crippen LogP contribution in [0.1, 0.15) is 32.2 Å². The molecule has 1 N–H and O–H groups in total. The summed E-state index contributed by atoms with van der Waals surface area (Å²) in [5.74, 6) is 0.134. The van der Waals surface area contributed by atoms with E-state index in [0.717, 1.165) is 13.0 Å². The summed E-state index contributed by atoms with van der Waals surface area (Å²) < 4.78 is 54.1. The molecule has 0 spiro atoms. The third kappa shape index (κ3) is 4.70. The summed E-state index contributed by atoms with van der Waals surface area (Å²) in [4.78, 5) is 26.2. The van der Waals surface area contributed by atoms with E-state index in [2.05, 4.69) is 19.6 Å². The molecule has 0 amide bonds. The fourth-order valence-corrected chi connectivity index (χ4v) is 6.91. The second-order valence-electron chi connectivity index (χ2n) is 11.3. The Kier molecular flexibility index (Phi) is 6.68. The molecular formula is C28H34FN7O4S. The van der Waals surface area contributed by atoms with Crippen LogP contribution < -0.4 is 20.0 Å². The number of sulfonamides is 1. The van der Waals surface area contributed by atoms with Gasteiger partial charge in [-0.15, -0.1) is 0 Å². The van der Waals surface area contributed by atoms with Gasteiger partial charge in [0, 0.05) is 38.5 Å². The maximum absolute atomic E-state index is 15.9. The molecule has 13 heteroatoms. The Labute approximate surface area is 237 Å². The Morgan fingerprint density at radius 3 is 2.61 bits per heavy atom. The Bertz CT molecular complexity index is 1850. The summed E-state index contributed by atoms with van der Waals surface area (Å²) in [6, 6.07) is 2.64.